The molecule has 0 fully saturated rings. The number of aromatic nitrogens is 3. The zero-order chi connectivity index (χ0) is 13.3. The number of nitrogen functional groups attached to an aromatic ring is 1. The molecule has 0 unspecified atom stereocenters. The highest BCUT2D eigenvalue weighted by atomic mass is 79.9. The van der Waals surface area contributed by atoms with Gasteiger partial charge in [-0.05, 0) is 35.0 Å². The van der Waals surface area contributed by atoms with Gasteiger partial charge in [0.1, 0.15) is 5.82 Å². The van der Waals surface area contributed by atoms with Crippen LogP contribution in [0.15, 0.2) is 20.9 Å². The van der Waals surface area contributed by atoms with Crippen molar-refractivity contribution in [2.75, 3.05) is 10.5 Å². The second-order valence-electron chi connectivity index (χ2n) is 3.28. The normalized spacial score (nSPS) is 11.4. The van der Waals surface area contributed by atoms with Gasteiger partial charge in [0.05, 0.1) is 5.69 Å². The number of halogens is 1. The van der Waals surface area contributed by atoms with Gasteiger partial charge in [0.15, 0.2) is 0 Å². The van der Waals surface area contributed by atoms with Gasteiger partial charge in [-0.25, -0.2) is 4.98 Å². The molecule has 2 aromatic rings. The van der Waals surface area contributed by atoms with Crippen molar-refractivity contribution in [3.8, 4) is 0 Å². The number of hydrogen-bond acceptors (Lipinski definition) is 7. The molecule has 10 heteroatoms. The monoisotopic (exact) mass is 349 g/mol. The fourth-order valence-electron chi connectivity index (χ4n) is 1.11. The minimum atomic E-state index is -3.79. The Morgan fingerprint density at radius 2 is 2.11 bits per heavy atom. The first kappa shape index (κ1) is 13.2. The second-order valence-corrected chi connectivity index (χ2v) is 6.99. The summed E-state index contributed by atoms with van der Waals surface area (Å²) in [6, 6.07) is 3.24. The Kier molecular flexibility index (Phi) is 3.50. The van der Waals surface area contributed by atoms with Crippen molar-refractivity contribution in [3.63, 3.8) is 0 Å². The summed E-state index contributed by atoms with van der Waals surface area (Å²) in [6.07, 6.45) is 0. The molecule has 18 heavy (non-hydrogen) atoms. The van der Waals surface area contributed by atoms with Gasteiger partial charge in [0.25, 0.3) is 14.4 Å². The molecule has 0 saturated carbocycles. The number of nitrogens with zero attached hydrogens (tertiary/aromatic N) is 3. The SMILES string of the molecule is Cc1nc(NS(=O)(=O)c2nnc(N)s2)ccc1Br. The summed E-state index contributed by atoms with van der Waals surface area (Å²) >= 11 is 4.07. The fraction of sp³-hybridized carbons (Fsp3) is 0.125. The number of aryl methyl sites for hydroxylation is 1. The van der Waals surface area contributed by atoms with Gasteiger partial charge in [-0.3, -0.25) is 4.72 Å². The van der Waals surface area contributed by atoms with E-state index in [0.29, 0.717) is 5.69 Å². The average Bonchev–Trinajstić information content (AvgIpc) is 2.71. The standard InChI is InChI=1S/C8H8BrN5O2S2/c1-4-5(9)2-3-6(11-4)14-18(15,16)8-13-12-7(10)17-8/h2-3H,1H3,(H2,10,12)(H,11,14). The number of sulfonamides is 1. The highest BCUT2D eigenvalue weighted by molar-refractivity contribution is 9.10. The van der Waals surface area contributed by atoms with E-state index in [4.69, 9.17) is 5.73 Å². The van der Waals surface area contributed by atoms with E-state index in [1.807, 2.05) is 0 Å². The Bertz CT molecular complexity index is 685. The van der Waals surface area contributed by atoms with Crippen LogP contribution in [0, 0.1) is 6.92 Å². The predicted molar refractivity (Wildman–Crippen MR) is 71.8 cm³/mol. The molecule has 0 aliphatic rings. The lowest BCUT2D eigenvalue weighted by Crippen LogP contribution is -2.14. The van der Waals surface area contributed by atoms with Crippen LogP contribution >= 0.6 is 27.3 Å². The third-order valence-corrected chi connectivity index (χ3v) is 5.22. The Morgan fingerprint density at radius 3 is 2.67 bits per heavy atom. The molecule has 0 bridgehead atoms. The average molecular weight is 350 g/mol. The Morgan fingerprint density at radius 1 is 1.39 bits per heavy atom. The maximum atomic E-state index is 11.9. The van der Waals surface area contributed by atoms with E-state index >= 15 is 0 Å². The van der Waals surface area contributed by atoms with Gasteiger partial charge in [-0.15, -0.1) is 10.2 Å². The van der Waals surface area contributed by atoms with E-state index in [-0.39, 0.29) is 15.3 Å². The van der Waals surface area contributed by atoms with E-state index in [9.17, 15) is 8.42 Å². The highest BCUT2D eigenvalue weighted by Gasteiger charge is 2.20. The number of hydrogen-bond donors (Lipinski definition) is 2. The molecule has 2 heterocycles. The molecule has 0 saturated heterocycles. The van der Waals surface area contributed by atoms with Crippen molar-refractivity contribution in [2.45, 2.75) is 11.3 Å². The largest absolute Gasteiger partial charge is 0.374 e. The van der Waals surface area contributed by atoms with Gasteiger partial charge < -0.3 is 5.73 Å². The third kappa shape index (κ3) is 2.76. The minimum Gasteiger partial charge on any atom is -0.374 e. The van der Waals surface area contributed by atoms with Crippen molar-refractivity contribution in [1.82, 2.24) is 15.2 Å². The lowest BCUT2D eigenvalue weighted by Gasteiger charge is -2.05. The van der Waals surface area contributed by atoms with Crippen LogP contribution in [0.25, 0.3) is 0 Å². The van der Waals surface area contributed by atoms with Crippen molar-refractivity contribution >= 4 is 48.2 Å². The molecule has 0 aliphatic heterocycles. The van der Waals surface area contributed by atoms with Crippen molar-refractivity contribution in [2.24, 2.45) is 0 Å². The molecule has 0 aliphatic carbocycles. The zero-order valence-corrected chi connectivity index (χ0v) is 12.3. The number of nitrogens with one attached hydrogen (secondary N) is 1. The second kappa shape index (κ2) is 4.78. The van der Waals surface area contributed by atoms with E-state index < -0.39 is 10.0 Å². The quantitative estimate of drug-likeness (QED) is 0.865. The van der Waals surface area contributed by atoms with Crippen molar-refractivity contribution < 1.29 is 8.42 Å². The molecule has 0 amide bonds. The summed E-state index contributed by atoms with van der Waals surface area (Å²) in [5.41, 5.74) is 6.02. The van der Waals surface area contributed by atoms with Crippen LogP contribution in [-0.4, -0.2) is 23.6 Å². The fourth-order valence-corrected chi connectivity index (χ4v) is 3.12. The molecule has 0 aromatic carbocycles. The first-order chi connectivity index (χ1) is 8.38. The molecular formula is C8H8BrN5O2S2. The smallest absolute Gasteiger partial charge is 0.292 e. The topological polar surface area (TPSA) is 111 Å². The Labute approximate surface area is 116 Å². The Hall–Kier alpha value is -1.26. The number of rotatable bonds is 3. The summed E-state index contributed by atoms with van der Waals surface area (Å²) in [6.45, 7) is 1.75. The van der Waals surface area contributed by atoms with Crippen LogP contribution in [0.2, 0.25) is 0 Å². The van der Waals surface area contributed by atoms with Crippen LogP contribution in [0.1, 0.15) is 5.69 Å². The van der Waals surface area contributed by atoms with Crippen LogP contribution in [-0.2, 0) is 10.0 Å². The maximum Gasteiger partial charge on any atom is 0.292 e. The summed E-state index contributed by atoms with van der Waals surface area (Å²) in [5, 5.41) is 7.03. The highest BCUT2D eigenvalue weighted by Crippen LogP contribution is 2.21. The summed E-state index contributed by atoms with van der Waals surface area (Å²) in [4.78, 5) is 4.08. The first-order valence-corrected chi connectivity index (χ1v) is 7.73. The third-order valence-electron chi connectivity index (χ3n) is 1.91. The molecular weight excluding hydrogens is 342 g/mol. The van der Waals surface area contributed by atoms with Crippen LogP contribution in [0.3, 0.4) is 0 Å². The van der Waals surface area contributed by atoms with E-state index in [1.165, 1.54) is 0 Å². The molecule has 0 radical (unpaired) electrons. The minimum absolute atomic E-state index is 0.0929. The lowest BCUT2D eigenvalue weighted by atomic mass is 10.4. The van der Waals surface area contributed by atoms with Crippen LogP contribution in [0.4, 0.5) is 10.9 Å². The van der Waals surface area contributed by atoms with Gasteiger partial charge >= 0.3 is 0 Å². The summed E-state index contributed by atoms with van der Waals surface area (Å²) < 4.78 is 26.7. The number of anilines is 2. The van der Waals surface area contributed by atoms with E-state index in [2.05, 4.69) is 35.8 Å². The van der Waals surface area contributed by atoms with Crippen LogP contribution < -0.4 is 10.5 Å². The van der Waals surface area contributed by atoms with E-state index in [0.717, 1.165) is 15.8 Å². The maximum absolute atomic E-state index is 11.9. The van der Waals surface area contributed by atoms with Gasteiger partial charge in [0.2, 0.25) is 5.13 Å². The molecule has 7 nitrogen and oxygen atoms in total. The van der Waals surface area contributed by atoms with Gasteiger partial charge in [0, 0.05) is 4.47 Å². The van der Waals surface area contributed by atoms with Crippen molar-refractivity contribution in [3.05, 3.63) is 22.3 Å². The van der Waals surface area contributed by atoms with Gasteiger partial charge in [-0.2, -0.15) is 8.42 Å². The summed E-state index contributed by atoms with van der Waals surface area (Å²) in [7, 11) is -3.79. The first-order valence-electron chi connectivity index (χ1n) is 4.63. The molecule has 2 rings (SSSR count). The molecule has 96 valence electrons. The number of pyridine rings is 1. The van der Waals surface area contributed by atoms with Crippen molar-refractivity contribution in [1.29, 1.82) is 0 Å². The van der Waals surface area contributed by atoms with E-state index in [1.54, 1.807) is 19.1 Å². The molecule has 0 atom stereocenters. The molecule has 3 N–H and O–H groups in total. The lowest BCUT2D eigenvalue weighted by molar-refractivity contribution is 0.599. The molecule has 2 aromatic heterocycles. The summed E-state index contributed by atoms with van der Waals surface area (Å²) in [5.74, 6) is 0.212. The molecule has 0 spiro atoms. The predicted octanol–water partition coefficient (Wildman–Crippen LogP) is 1.39. The Balaban J connectivity index is 2.30. The zero-order valence-electron chi connectivity index (χ0n) is 9.08. The number of nitrogens with two attached hydrogens (primary N) is 1. The van der Waals surface area contributed by atoms with Crippen LogP contribution in [0.5, 0.6) is 0 Å². The van der Waals surface area contributed by atoms with Gasteiger partial charge in [-0.1, -0.05) is 11.3 Å².